The molecule has 3 N–H and O–H groups in total. The van der Waals surface area contributed by atoms with Gasteiger partial charge in [0.05, 0.1) is 5.56 Å². The van der Waals surface area contributed by atoms with E-state index in [1.807, 2.05) is 13.8 Å². The summed E-state index contributed by atoms with van der Waals surface area (Å²) in [5.41, 5.74) is 0.330. The van der Waals surface area contributed by atoms with Gasteiger partial charge in [-0.25, -0.2) is 4.79 Å². The molecule has 0 aliphatic carbocycles. The minimum absolute atomic E-state index is 0.0379. The molecule has 112 valence electrons. The largest absolute Gasteiger partial charge is 0.478 e. The van der Waals surface area contributed by atoms with Crippen LogP contribution in [0.3, 0.4) is 0 Å². The molecule has 0 aromatic heterocycles. The van der Waals surface area contributed by atoms with Crippen molar-refractivity contribution in [2.45, 2.75) is 23.9 Å². The highest BCUT2D eigenvalue weighted by molar-refractivity contribution is 8.00. The normalized spacial score (nSPS) is 10.5. The Hall–Kier alpha value is -1.82. The fraction of sp³-hybridized carbons (Fsp3) is 0.188. The number of carbonyl (C=O) groups is 1. The van der Waals surface area contributed by atoms with Crippen LogP contribution in [0.2, 0.25) is 0 Å². The van der Waals surface area contributed by atoms with Crippen molar-refractivity contribution in [1.29, 1.82) is 0 Å². The summed E-state index contributed by atoms with van der Waals surface area (Å²) in [6.45, 7) is 4.00. The minimum Gasteiger partial charge on any atom is -0.478 e. The zero-order valence-corrected chi connectivity index (χ0v) is 12.7. The van der Waals surface area contributed by atoms with E-state index < -0.39 is 11.1 Å². The van der Waals surface area contributed by atoms with Gasteiger partial charge in [-0.2, -0.15) is 0 Å². The molecule has 0 heterocycles. The maximum Gasteiger partial charge on any atom is 0.336 e. The molecular weight excluding hydrogens is 288 g/mol. The maximum absolute atomic E-state index is 11.1. The lowest BCUT2D eigenvalue weighted by Gasteiger charge is -2.22. The predicted molar refractivity (Wildman–Crippen MR) is 83.2 cm³/mol. The first kappa shape index (κ1) is 17.2. The average Bonchev–Trinajstić information content (AvgIpc) is 2.50. The molecule has 0 spiro atoms. The van der Waals surface area contributed by atoms with E-state index in [2.05, 4.69) is 0 Å². The maximum atomic E-state index is 11.1. The SMILES string of the molecule is CC.O=C(O)c1ccccc1SC(O)(O)c1ccccc1. The molecule has 0 amide bonds. The molecule has 0 unspecified atom stereocenters. The lowest BCUT2D eigenvalue weighted by Crippen LogP contribution is -2.20. The van der Waals surface area contributed by atoms with Crippen LogP contribution < -0.4 is 0 Å². The molecule has 5 heteroatoms. The Bertz CT molecular complexity index is 582. The van der Waals surface area contributed by atoms with Gasteiger partial charge in [-0.1, -0.05) is 68.1 Å². The number of carboxylic acids is 1. The number of benzene rings is 2. The smallest absolute Gasteiger partial charge is 0.336 e. The van der Waals surface area contributed by atoms with Gasteiger partial charge in [-0.3, -0.25) is 0 Å². The van der Waals surface area contributed by atoms with E-state index in [0.717, 1.165) is 0 Å². The average molecular weight is 306 g/mol. The third-order valence-electron chi connectivity index (χ3n) is 2.52. The number of aliphatic hydroxyl groups is 2. The fourth-order valence-electron chi connectivity index (χ4n) is 1.60. The lowest BCUT2D eigenvalue weighted by molar-refractivity contribution is -0.0817. The number of rotatable bonds is 4. The van der Waals surface area contributed by atoms with Crippen LogP contribution in [0.25, 0.3) is 0 Å². The summed E-state index contributed by atoms with van der Waals surface area (Å²) in [5.74, 6) is -1.10. The Morgan fingerprint density at radius 2 is 1.48 bits per heavy atom. The van der Waals surface area contributed by atoms with Gasteiger partial charge in [0, 0.05) is 10.5 Å². The third-order valence-corrected chi connectivity index (χ3v) is 3.62. The molecule has 0 atom stereocenters. The molecular formula is C16H18O4S. The molecule has 4 nitrogen and oxygen atoms in total. The summed E-state index contributed by atoms with van der Waals surface area (Å²) in [7, 11) is 0. The van der Waals surface area contributed by atoms with Crippen LogP contribution in [0.1, 0.15) is 29.8 Å². The topological polar surface area (TPSA) is 77.8 Å². The number of hydrogen-bond donors (Lipinski definition) is 3. The van der Waals surface area contributed by atoms with Gasteiger partial charge in [0.15, 0.2) is 0 Å². The van der Waals surface area contributed by atoms with Gasteiger partial charge in [0.1, 0.15) is 0 Å². The molecule has 2 aromatic rings. The zero-order chi connectivity index (χ0) is 15.9. The van der Waals surface area contributed by atoms with Crippen molar-refractivity contribution in [3.8, 4) is 0 Å². The van der Waals surface area contributed by atoms with Crippen molar-refractivity contribution in [2.75, 3.05) is 0 Å². The highest BCUT2D eigenvalue weighted by Crippen LogP contribution is 2.38. The van der Waals surface area contributed by atoms with Crippen LogP contribution in [-0.4, -0.2) is 21.3 Å². The van der Waals surface area contributed by atoms with Crippen molar-refractivity contribution in [3.05, 3.63) is 65.7 Å². The van der Waals surface area contributed by atoms with Gasteiger partial charge >= 0.3 is 5.97 Å². The molecule has 0 radical (unpaired) electrons. The van der Waals surface area contributed by atoms with Crippen molar-refractivity contribution < 1.29 is 20.1 Å². The molecule has 0 fully saturated rings. The van der Waals surface area contributed by atoms with E-state index in [9.17, 15) is 15.0 Å². The number of thioether (sulfide) groups is 1. The lowest BCUT2D eigenvalue weighted by atomic mass is 10.2. The molecule has 21 heavy (non-hydrogen) atoms. The van der Waals surface area contributed by atoms with Crippen LogP contribution in [0.4, 0.5) is 0 Å². The first-order chi connectivity index (χ1) is 10.0. The molecule has 0 aliphatic heterocycles. The summed E-state index contributed by atoms with van der Waals surface area (Å²) in [5, 5.41) is 27.0. The van der Waals surface area contributed by atoms with Gasteiger partial charge in [-0.15, -0.1) is 0 Å². The monoisotopic (exact) mass is 306 g/mol. The number of carboxylic acid groups (broad SMARTS) is 1. The summed E-state index contributed by atoms with van der Waals surface area (Å²) in [4.78, 5) is 11.4. The minimum atomic E-state index is -2.17. The van der Waals surface area contributed by atoms with Gasteiger partial charge in [-0.05, 0) is 12.1 Å². The van der Waals surface area contributed by atoms with Crippen LogP contribution in [0.5, 0.6) is 0 Å². The van der Waals surface area contributed by atoms with Crippen LogP contribution in [-0.2, 0) is 5.12 Å². The Labute approximate surface area is 128 Å². The summed E-state index contributed by atoms with van der Waals surface area (Å²) >= 11 is 0.684. The summed E-state index contributed by atoms with van der Waals surface area (Å²) in [6, 6.07) is 14.5. The van der Waals surface area contributed by atoms with E-state index in [-0.39, 0.29) is 5.56 Å². The second kappa shape index (κ2) is 7.83. The van der Waals surface area contributed by atoms with Crippen molar-refractivity contribution in [1.82, 2.24) is 0 Å². The Balaban J connectivity index is 0.00000106. The Morgan fingerprint density at radius 1 is 0.952 bits per heavy atom. The van der Waals surface area contributed by atoms with Gasteiger partial charge in [0.2, 0.25) is 5.12 Å². The standard InChI is InChI=1S/C14H12O4S.C2H6/c15-13(16)11-8-4-5-9-12(11)19-14(17,18)10-6-2-1-3-7-10;1-2/h1-9,17-18H,(H,15,16);1-2H3. The number of hydrogen-bond acceptors (Lipinski definition) is 4. The first-order valence-electron chi connectivity index (χ1n) is 6.52. The fourth-order valence-corrected chi connectivity index (χ4v) is 2.57. The van der Waals surface area contributed by atoms with Crippen molar-refractivity contribution in [2.24, 2.45) is 0 Å². The second-order valence-corrected chi connectivity index (χ2v) is 5.09. The molecule has 2 rings (SSSR count). The van der Waals surface area contributed by atoms with E-state index >= 15 is 0 Å². The molecule has 0 bridgehead atoms. The summed E-state index contributed by atoms with van der Waals surface area (Å²) in [6.07, 6.45) is 0. The van der Waals surface area contributed by atoms with E-state index in [1.54, 1.807) is 42.5 Å². The second-order valence-electron chi connectivity index (χ2n) is 3.88. The van der Waals surface area contributed by atoms with Crippen LogP contribution in [0.15, 0.2) is 59.5 Å². The Kier molecular flexibility index (Phi) is 6.42. The number of aromatic carboxylic acids is 1. The Morgan fingerprint density at radius 3 is 2.05 bits per heavy atom. The van der Waals surface area contributed by atoms with Crippen molar-refractivity contribution >= 4 is 17.7 Å². The quantitative estimate of drug-likeness (QED) is 0.597. The van der Waals surface area contributed by atoms with E-state index in [1.165, 1.54) is 12.1 Å². The first-order valence-corrected chi connectivity index (χ1v) is 7.34. The highest BCUT2D eigenvalue weighted by Gasteiger charge is 2.29. The summed E-state index contributed by atoms with van der Waals surface area (Å²) < 4.78 is 0. The molecule has 0 aliphatic rings. The van der Waals surface area contributed by atoms with E-state index in [4.69, 9.17) is 5.11 Å². The molecule has 2 aromatic carbocycles. The highest BCUT2D eigenvalue weighted by atomic mass is 32.2. The molecule has 0 saturated carbocycles. The van der Waals surface area contributed by atoms with Crippen LogP contribution in [0, 0.1) is 0 Å². The van der Waals surface area contributed by atoms with Gasteiger partial charge < -0.3 is 15.3 Å². The molecule has 0 saturated heterocycles. The van der Waals surface area contributed by atoms with E-state index in [0.29, 0.717) is 22.2 Å². The van der Waals surface area contributed by atoms with Crippen molar-refractivity contribution in [3.63, 3.8) is 0 Å². The van der Waals surface area contributed by atoms with Crippen LogP contribution >= 0.6 is 11.8 Å². The third kappa shape index (κ3) is 4.60. The van der Waals surface area contributed by atoms with Gasteiger partial charge in [0.25, 0.3) is 0 Å². The predicted octanol–water partition coefficient (Wildman–Crippen LogP) is 3.30. The zero-order valence-electron chi connectivity index (χ0n) is 11.9.